The van der Waals surface area contributed by atoms with Gasteiger partial charge in [-0.1, -0.05) is 11.6 Å². The molecule has 0 amide bonds. The van der Waals surface area contributed by atoms with Gasteiger partial charge >= 0.3 is 0 Å². The normalized spacial score (nSPS) is 10.5. The number of rotatable bonds is 4. The number of hydrogen-bond acceptors (Lipinski definition) is 3. The number of halogens is 4. The van der Waals surface area contributed by atoms with E-state index in [1.165, 1.54) is 18.2 Å². The fraction of sp³-hybridized carbons (Fsp3) is 0.0769. The zero-order chi connectivity index (χ0) is 15.6. The highest BCUT2D eigenvalue weighted by molar-refractivity contribution is 6.32. The number of nitro benzene ring substituents is 1. The van der Waals surface area contributed by atoms with Crippen LogP contribution >= 0.6 is 11.6 Å². The lowest BCUT2D eigenvalue weighted by molar-refractivity contribution is -0.384. The van der Waals surface area contributed by atoms with Gasteiger partial charge in [0, 0.05) is 29.9 Å². The van der Waals surface area contributed by atoms with E-state index >= 15 is 0 Å². The van der Waals surface area contributed by atoms with Gasteiger partial charge in [-0.3, -0.25) is 10.1 Å². The van der Waals surface area contributed by atoms with Gasteiger partial charge in [0.1, 0.15) is 10.8 Å². The summed E-state index contributed by atoms with van der Waals surface area (Å²) in [5.74, 6) is -3.32. The molecule has 0 saturated heterocycles. The van der Waals surface area contributed by atoms with Gasteiger partial charge in [0.15, 0.2) is 11.6 Å². The van der Waals surface area contributed by atoms with Crippen molar-refractivity contribution in [3.8, 4) is 0 Å². The lowest BCUT2D eigenvalue weighted by Gasteiger charge is -2.08. The summed E-state index contributed by atoms with van der Waals surface area (Å²) in [6.07, 6.45) is 0. The van der Waals surface area contributed by atoms with Gasteiger partial charge in [0.05, 0.1) is 4.92 Å². The Morgan fingerprint density at radius 2 is 1.76 bits per heavy atom. The molecule has 0 atom stereocenters. The molecule has 110 valence electrons. The Hall–Kier alpha value is -2.28. The van der Waals surface area contributed by atoms with Crippen LogP contribution in [0, 0.1) is 27.6 Å². The zero-order valence-corrected chi connectivity index (χ0v) is 11.1. The molecule has 1 N–H and O–H groups in total. The smallest absolute Gasteiger partial charge is 0.288 e. The molecule has 2 aromatic rings. The Bertz CT molecular complexity index is 710. The van der Waals surface area contributed by atoms with Gasteiger partial charge in [0.2, 0.25) is 0 Å². The molecule has 0 spiro atoms. The topological polar surface area (TPSA) is 55.2 Å². The van der Waals surface area contributed by atoms with Crippen molar-refractivity contribution in [2.75, 3.05) is 5.32 Å². The minimum Gasteiger partial charge on any atom is -0.381 e. The van der Waals surface area contributed by atoms with Crippen molar-refractivity contribution >= 4 is 23.0 Å². The Kier molecular flexibility index (Phi) is 4.32. The first-order valence-electron chi connectivity index (χ1n) is 5.69. The molecule has 8 heteroatoms. The predicted octanol–water partition coefficient (Wildman–Crippen LogP) is 4.28. The first-order chi connectivity index (χ1) is 9.88. The fourth-order valence-electron chi connectivity index (χ4n) is 1.66. The standard InChI is InChI=1S/C13H8ClF3N2O2/c14-9-4-8(1-2-13(9)19(20)21)18-6-7-3-11(16)12(17)5-10(7)15/h1-5,18H,6H2. The second kappa shape index (κ2) is 6.01. The quantitative estimate of drug-likeness (QED) is 0.520. The molecule has 0 unspecified atom stereocenters. The second-order valence-corrected chi connectivity index (χ2v) is 4.54. The average Bonchev–Trinajstić information content (AvgIpc) is 2.41. The molecule has 0 aliphatic rings. The molecule has 0 heterocycles. The molecule has 0 aromatic heterocycles. The summed E-state index contributed by atoms with van der Waals surface area (Å²) in [6.45, 7) is -0.128. The van der Waals surface area contributed by atoms with Crippen molar-refractivity contribution in [3.63, 3.8) is 0 Å². The summed E-state index contributed by atoms with van der Waals surface area (Å²) in [4.78, 5) is 9.96. The van der Waals surface area contributed by atoms with E-state index in [9.17, 15) is 23.3 Å². The lowest BCUT2D eigenvalue weighted by Crippen LogP contribution is -2.04. The van der Waals surface area contributed by atoms with Crippen molar-refractivity contribution in [2.45, 2.75) is 6.54 Å². The third kappa shape index (κ3) is 3.43. The molecule has 0 bridgehead atoms. The number of hydrogen-bond donors (Lipinski definition) is 1. The molecule has 2 aromatic carbocycles. The van der Waals surface area contributed by atoms with E-state index < -0.39 is 22.4 Å². The van der Waals surface area contributed by atoms with Crippen LogP contribution in [0.1, 0.15) is 5.56 Å². The molecule has 4 nitrogen and oxygen atoms in total. The maximum atomic E-state index is 13.4. The van der Waals surface area contributed by atoms with Crippen LogP contribution in [0.15, 0.2) is 30.3 Å². The highest BCUT2D eigenvalue weighted by Crippen LogP contribution is 2.27. The molecule has 0 aliphatic carbocycles. The number of nitrogens with one attached hydrogen (secondary N) is 1. The first-order valence-corrected chi connectivity index (χ1v) is 6.07. The van der Waals surface area contributed by atoms with Crippen molar-refractivity contribution in [2.24, 2.45) is 0 Å². The Morgan fingerprint density at radius 3 is 2.38 bits per heavy atom. The highest BCUT2D eigenvalue weighted by Gasteiger charge is 2.13. The number of anilines is 1. The fourth-order valence-corrected chi connectivity index (χ4v) is 1.91. The Labute approximate surface area is 122 Å². The third-order valence-electron chi connectivity index (χ3n) is 2.72. The van der Waals surface area contributed by atoms with E-state index in [4.69, 9.17) is 11.6 Å². The minimum absolute atomic E-state index is 0.0802. The molecule has 21 heavy (non-hydrogen) atoms. The summed E-state index contributed by atoms with van der Waals surface area (Å²) in [5.41, 5.74) is 0.0410. The van der Waals surface area contributed by atoms with Crippen LogP contribution in [-0.2, 0) is 6.54 Å². The number of benzene rings is 2. The van der Waals surface area contributed by atoms with Gasteiger partial charge in [-0.25, -0.2) is 13.2 Å². The molecular formula is C13H8ClF3N2O2. The predicted molar refractivity (Wildman–Crippen MR) is 71.7 cm³/mol. The van der Waals surface area contributed by atoms with Gasteiger partial charge in [-0.2, -0.15) is 0 Å². The molecule has 0 fully saturated rings. The van der Waals surface area contributed by atoms with Crippen molar-refractivity contribution < 1.29 is 18.1 Å². The van der Waals surface area contributed by atoms with Crippen LogP contribution in [0.3, 0.4) is 0 Å². The molecule has 0 radical (unpaired) electrons. The lowest BCUT2D eigenvalue weighted by atomic mass is 10.2. The number of nitrogens with zero attached hydrogens (tertiary/aromatic N) is 1. The monoisotopic (exact) mass is 316 g/mol. The van der Waals surface area contributed by atoms with E-state index in [2.05, 4.69) is 5.32 Å². The first kappa shape index (κ1) is 15.1. The van der Waals surface area contributed by atoms with Gasteiger partial charge in [-0.15, -0.1) is 0 Å². The molecule has 0 saturated carbocycles. The summed E-state index contributed by atoms with van der Waals surface area (Å²) in [7, 11) is 0. The molecule has 2 rings (SSSR count). The minimum atomic E-state index is -1.27. The van der Waals surface area contributed by atoms with Gasteiger partial charge in [-0.05, 0) is 18.2 Å². The van der Waals surface area contributed by atoms with Gasteiger partial charge < -0.3 is 5.32 Å². The van der Waals surface area contributed by atoms with Crippen molar-refractivity contribution in [3.05, 3.63) is 68.5 Å². The average molecular weight is 317 g/mol. The molecule has 0 aliphatic heterocycles. The van der Waals surface area contributed by atoms with Crippen LogP contribution in [0.5, 0.6) is 0 Å². The summed E-state index contributed by atoms with van der Waals surface area (Å²) >= 11 is 5.72. The largest absolute Gasteiger partial charge is 0.381 e. The van der Waals surface area contributed by atoms with Crippen LogP contribution in [-0.4, -0.2) is 4.92 Å². The highest BCUT2D eigenvalue weighted by atomic mass is 35.5. The van der Waals surface area contributed by atoms with E-state index in [0.717, 1.165) is 6.07 Å². The summed E-state index contributed by atoms with van der Waals surface area (Å²) in [5, 5.41) is 13.2. The second-order valence-electron chi connectivity index (χ2n) is 4.13. The number of nitro groups is 1. The molecular weight excluding hydrogens is 309 g/mol. The van der Waals surface area contributed by atoms with E-state index in [1.54, 1.807) is 0 Å². The SMILES string of the molecule is O=[N+]([O-])c1ccc(NCc2cc(F)c(F)cc2F)cc1Cl. The van der Waals surface area contributed by atoms with Crippen molar-refractivity contribution in [1.29, 1.82) is 0 Å². The third-order valence-corrected chi connectivity index (χ3v) is 3.02. The van der Waals surface area contributed by atoms with Crippen LogP contribution in [0.25, 0.3) is 0 Å². The van der Waals surface area contributed by atoms with Crippen LogP contribution in [0.2, 0.25) is 5.02 Å². The van der Waals surface area contributed by atoms with E-state index in [-0.39, 0.29) is 22.8 Å². The van der Waals surface area contributed by atoms with Crippen LogP contribution < -0.4 is 5.32 Å². The Morgan fingerprint density at radius 1 is 1.10 bits per heavy atom. The summed E-state index contributed by atoms with van der Waals surface area (Å²) in [6, 6.07) is 5.05. The van der Waals surface area contributed by atoms with Crippen LogP contribution in [0.4, 0.5) is 24.5 Å². The van der Waals surface area contributed by atoms with Crippen molar-refractivity contribution in [1.82, 2.24) is 0 Å². The summed E-state index contributed by atoms with van der Waals surface area (Å²) < 4.78 is 39.2. The maximum absolute atomic E-state index is 13.4. The van der Waals surface area contributed by atoms with Gasteiger partial charge in [0.25, 0.3) is 5.69 Å². The zero-order valence-electron chi connectivity index (χ0n) is 10.4. The maximum Gasteiger partial charge on any atom is 0.288 e. The van der Waals surface area contributed by atoms with E-state index in [1.807, 2.05) is 0 Å². The van der Waals surface area contributed by atoms with E-state index in [0.29, 0.717) is 11.8 Å². The Balaban J connectivity index is 2.15.